The minimum absolute atomic E-state index is 0.0790. The summed E-state index contributed by atoms with van der Waals surface area (Å²) in [5, 5.41) is 4.55. The quantitative estimate of drug-likeness (QED) is 0.789. The van der Waals surface area contributed by atoms with Gasteiger partial charge in [-0.3, -0.25) is 9.59 Å². The monoisotopic (exact) mass is 394 g/mol. The molecule has 2 aromatic rings. The third-order valence-electron chi connectivity index (χ3n) is 4.16. The van der Waals surface area contributed by atoms with Crippen LogP contribution in [0.2, 0.25) is 0 Å². The van der Waals surface area contributed by atoms with Gasteiger partial charge in [0.15, 0.2) is 0 Å². The maximum Gasteiger partial charge on any atom is 0.416 e. The lowest BCUT2D eigenvalue weighted by molar-refractivity contribution is -0.137. The number of alkyl halides is 3. The molecule has 0 aliphatic carbocycles. The Balaban J connectivity index is 1.71. The van der Waals surface area contributed by atoms with Crippen LogP contribution < -0.4 is 10.6 Å². The van der Waals surface area contributed by atoms with Crippen LogP contribution in [0.15, 0.2) is 41.3 Å². The number of nitrogens with one attached hydrogen (secondary N) is 2. The fourth-order valence-corrected chi connectivity index (χ4v) is 3.79. The first-order valence-corrected chi connectivity index (χ1v) is 9.07. The van der Waals surface area contributed by atoms with Crippen LogP contribution in [0.5, 0.6) is 0 Å². The van der Waals surface area contributed by atoms with Crippen LogP contribution in [0.4, 0.5) is 24.5 Å². The molecule has 0 spiro atoms. The van der Waals surface area contributed by atoms with Gasteiger partial charge >= 0.3 is 6.18 Å². The molecule has 2 aromatic carbocycles. The second-order valence-electron chi connectivity index (χ2n) is 6.38. The van der Waals surface area contributed by atoms with Crippen molar-refractivity contribution in [3.63, 3.8) is 0 Å². The Morgan fingerprint density at radius 2 is 1.93 bits per heavy atom. The predicted octanol–water partition coefficient (Wildman–Crippen LogP) is 4.76. The zero-order chi connectivity index (χ0) is 19.8. The zero-order valence-corrected chi connectivity index (χ0v) is 15.4. The van der Waals surface area contributed by atoms with E-state index in [0.29, 0.717) is 10.6 Å². The summed E-state index contributed by atoms with van der Waals surface area (Å²) >= 11 is 1.09. The number of fused-ring (bicyclic) bond motifs is 1. The van der Waals surface area contributed by atoms with Crippen molar-refractivity contribution in [2.24, 2.45) is 0 Å². The van der Waals surface area contributed by atoms with Crippen molar-refractivity contribution < 1.29 is 22.8 Å². The van der Waals surface area contributed by atoms with E-state index in [9.17, 15) is 22.8 Å². The van der Waals surface area contributed by atoms with Gasteiger partial charge in [0.1, 0.15) is 0 Å². The molecule has 0 saturated heterocycles. The van der Waals surface area contributed by atoms with E-state index in [0.717, 1.165) is 35.0 Å². The Morgan fingerprint density at radius 3 is 2.63 bits per heavy atom. The molecule has 8 heteroatoms. The fraction of sp³-hybridized carbons (Fsp3) is 0.263. The van der Waals surface area contributed by atoms with Crippen LogP contribution in [0.1, 0.15) is 23.1 Å². The van der Waals surface area contributed by atoms with E-state index in [1.54, 1.807) is 0 Å². The number of carbonyl (C=O) groups excluding carboxylic acids is 2. The third kappa shape index (κ3) is 4.44. The number of benzene rings is 2. The molecule has 27 heavy (non-hydrogen) atoms. The van der Waals surface area contributed by atoms with Crippen molar-refractivity contribution in [1.29, 1.82) is 0 Å². The highest BCUT2D eigenvalue weighted by Gasteiger charge is 2.34. The normalized spacial score (nSPS) is 16.5. The highest BCUT2D eigenvalue weighted by Crippen LogP contribution is 2.40. The maximum absolute atomic E-state index is 12.8. The maximum atomic E-state index is 12.8. The number of anilines is 2. The van der Waals surface area contributed by atoms with Crippen molar-refractivity contribution >= 4 is 35.0 Å². The molecule has 2 amide bonds. The molecule has 142 valence electrons. The molecule has 0 aromatic heterocycles. The number of amides is 2. The van der Waals surface area contributed by atoms with Gasteiger partial charge in [0.05, 0.1) is 16.5 Å². The Hall–Kier alpha value is -2.48. The number of carbonyl (C=O) groups is 2. The Labute approximate surface area is 158 Å². The highest BCUT2D eigenvalue weighted by molar-refractivity contribution is 8.01. The number of rotatable bonds is 3. The van der Waals surface area contributed by atoms with Gasteiger partial charge in [-0.25, -0.2) is 0 Å². The van der Waals surface area contributed by atoms with Gasteiger partial charge in [0, 0.05) is 17.0 Å². The van der Waals surface area contributed by atoms with Gasteiger partial charge in [0.25, 0.3) is 0 Å². The molecule has 0 bridgehead atoms. The van der Waals surface area contributed by atoms with E-state index in [4.69, 9.17) is 0 Å². The second kappa shape index (κ2) is 7.26. The van der Waals surface area contributed by atoms with Gasteiger partial charge < -0.3 is 10.6 Å². The molecule has 4 nitrogen and oxygen atoms in total. The number of hydrogen-bond acceptors (Lipinski definition) is 3. The van der Waals surface area contributed by atoms with Crippen molar-refractivity contribution in [1.82, 2.24) is 0 Å². The molecule has 0 fully saturated rings. The molecule has 1 heterocycles. The van der Waals surface area contributed by atoms with E-state index in [1.165, 1.54) is 6.07 Å². The molecule has 0 radical (unpaired) electrons. The molecule has 0 saturated carbocycles. The summed E-state index contributed by atoms with van der Waals surface area (Å²) < 4.78 is 38.4. The van der Waals surface area contributed by atoms with Crippen LogP contribution in [-0.2, 0) is 15.8 Å². The summed E-state index contributed by atoms with van der Waals surface area (Å²) in [6.07, 6.45) is -4.56. The van der Waals surface area contributed by atoms with Crippen molar-refractivity contribution in [2.45, 2.75) is 36.6 Å². The Bertz CT molecular complexity index is 912. The van der Waals surface area contributed by atoms with Crippen LogP contribution >= 0.6 is 11.8 Å². The van der Waals surface area contributed by atoms with Crippen LogP contribution in [-0.4, -0.2) is 17.1 Å². The van der Waals surface area contributed by atoms with Gasteiger partial charge in [0.2, 0.25) is 11.8 Å². The van der Waals surface area contributed by atoms with Crippen molar-refractivity contribution in [2.75, 3.05) is 10.6 Å². The SMILES string of the molecule is Cc1ccc(C)c(NC(=O)C[C@H]2Sc3ccc(C(F)(F)F)cc3NC2=O)c1. The second-order valence-corrected chi connectivity index (χ2v) is 7.62. The lowest BCUT2D eigenvalue weighted by atomic mass is 10.1. The number of thioether (sulfide) groups is 1. The number of hydrogen-bond donors (Lipinski definition) is 2. The molecule has 1 aliphatic rings. The van der Waals surface area contributed by atoms with E-state index in [2.05, 4.69) is 10.6 Å². The summed E-state index contributed by atoms with van der Waals surface area (Å²) in [7, 11) is 0. The largest absolute Gasteiger partial charge is 0.416 e. The van der Waals surface area contributed by atoms with Crippen molar-refractivity contribution in [3.8, 4) is 0 Å². The van der Waals surface area contributed by atoms with E-state index in [1.807, 2.05) is 32.0 Å². The summed E-state index contributed by atoms with van der Waals surface area (Å²) in [6, 6.07) is 8.86. The molecular weight excluding hydrogens is 377 g/mol. The zero-order valence-electron chi connectivity index (χ0n) is 14.6. The summed E-state index contributed by atoms with van der Waals surface area (Å²) in [6.45, 7) is 3.78. The van der Waals surface area contributed by atoms with Crippen LogP contribution in [0.25, 0.3) is 0 Å². The first-order valence-electron chi connectivity index (χ1n) is 8.19. The molecule has 0 unspecified atom stereocenters. The first-order chi connectivity index (χ1) is 12.6. The van der Waals surface area contributed by atoms with Crippen LogP contribution in [0.3, 0.4) is 0 Å². The van der Waals surface area contributed by atoms with E-state index < -0.39 is 22.9 Å². The van der Waals surface area contributed by atoms with E-state index in [-0.39, 0.29) is 18.0 Å². The molecule has 2 N–H and O–H groups in total. The lowest BCUT2D eigenvalue weighted by Crippen LogP contribution is -2.32. The molecular formula is C19H17F3N2O2S. The predicted molar refractivity (Wildman–Crippen MR) is 98.9 cm³/mol. The van der Waals surface area contributed by atoms with Gasteiger partial charge in [-0.15, -0.1) is 11.8 Å². The highest BCUT2D eigenvalue weighted by atomic mass is 32.2. The average molecular weight is 394 g/mol. The van der Waals surface area contributed by atoms with E-state index >= 15 is 0 Å². The fourth-order valence-electron chi connectivity index (χ4n) is 2.70. The number of halogens is 3. The first kappa shape index (κ1) is 19.3. The standard InChI is InChI=1S/C19H17F3N2O2S/c1-10-3-4-11(2)13(7-10)23-17(25)9-16-18(26)24-14-8-12(19(20,21)22)5-6-15(14)27-16/h3-8,16H,9H2,1-2H3,(H,23,25)(H,24,26)/t16-/m1/s1. The summed E-state index contributed by atoms with van der Waals surface area (Å²) in [5.74, 6) is -0.811. The third-order valence-corrected chi connectivity index (χ3v) is 5.44. The smallest absolute Gasteiger partial charge is 0.326 e. The lowest BCUT2D eigenvalue weighted by Gasteiger charge is -2.24. The topological polar surface area (TPSA) is 58.2 Å². The minimum atomic E-state index is -4.48. The average Bonchev–Trinajstić information content (AvgIpc) is 2.57. The summed E-state index contributed by atoms with van der Waals surface area (Å²) in [4.78, 5) is 25.1. The van der Waals surface area contributed by atoms with Gasteiger partial charge in [-0.2, -0.15) is 13.2 Å². The number of aryl methyl sites for hydroxylation is 2. The molecule has 3 rings (SSSR count). The minimum Gasteiger partial charge on any atom is -0.326 e. The molecule has 1 atom stereocenters. The van der Waals surface area contributed by atoms with Crippen LogP contribution in [0, 0.1) is 13.8 Å². The molecule has 1 aliphatic heterocycles. The van der Waals surface area contributed by atoms with Gasteiger partial charge in [-0.05, 0) is 49.2 Å². The van der Waals surface area contributed by atoms with Crippen molar-refractivity contribution in [3.05, 3.63) is 53.1 Å². The summed E-state index contributed by atoms with van der Waals surface area (Å²) in [5.41, 5.74) is 1.87. The Morgan fingerprint density at radius 1 is 1.19 bits per heavy atom. The van der Waals surface area contributed by atoms with Gasteiger partial charge in [-0.1, -0.05) is 12.1 Å². The Kier molecular flexibility index (Phi) is 5.19.